The van der Waals surface area contributed by atoms with Crippen LogP contribution in [-0.2, 0) is 5.41 Å². The summed E-state index contributed by atoms with van der Waals surface area (Å²) in [6, 6.07) is 59.7. The second kappa shape index (κ2) is 12.7. The second-order valence-corrected chi connectivity index (χ2v) is 14.8. The van der Waals surface area contributed by atoms with Gasteiger partial charge in [0.15, 0.2) is 5.82 Å². The largest absolute Gasteiger partial charge is 0.256 e. The van der Waals surface area contributed by atoms with Crippen LogP contribution in [0, 0.1) is 11.3 Å². The molecule has 7 aromatic carbocycles. The molecule has 4 nitrogen and oxygen atoms in total. The topological polar surface area (TPSA) is 62.5 Å². The van der Waals surface area contributed by atoms with E-state index >= 15 is 0 Å². The van der Waals surface area contributed by atoms with E-state index < -0.39 is 0 Å². The summed E-state index contributed by atoms with van der Waals surface area (Å²) < 4.78 is 0. The summed E-state index contributed by atoms with van der Waals surface area (Å²) in [5, 5.41) is 13.1. The maximum Gasteiger partial charge on any atom is 0.160 e. The monoisotopic (exact) mass is 702 g/mol. The Hall–Kier alpha value is -7.22. The average molecular weight is 703 g/mol. The number of pyridine rings is 1. The number of nitriles is 1. The Bertz CT molecular complexity index is 2950. The average Bonchev–Trinajstić information content (AvgIpc) is 3.48. The zero-order chi connectivity index (χ0) is 37.1. The summed E-state index contributed by atoms with van der Waals surface area (Å²) >= 11 is 0. The highest BCUT2D eigenvalue weighted by Gasteiger charge is 2.36. The van der Waals surface area contributed by atoms with Crippen LogP contribution in [0.25, 0.3) is 89.0 Å². The summed E-state index contributed by atoms with van der Waals surface area (Å²) in [6.45, 7) is 4.52. The molecule has 0 N–H and O–H groups in total. The van der Waals surface area contributed by atoms with Crippen LogP contribution in [0.4, 0.5) is 0 Å². The van der Waals surface area contributed by atoms with Crippen LogP contribution in [-0.4, -0.2) is 15.0 Å². The predicted octanol–water partition coefficient (Wildman–Crippen LogP) is 12.7. The van der Waals surface area contributed by atoms with Gasteiger partial charge in [-0.3, -0.25) is 4.98 Å². The molecule has 0 bridgehead atoms. The van der Waals surface area contributed by atoms with E-state index in [0.29, 0.717) is 11.4 Å². The van der Waals surface area contributed by atoms with Crippen LogP contribution in [0.3, 0.4) is 0 Å². The van der Waals surface area contributed by atoms with Gasteiger partial charge in [-0.15, -0.1) is 0 Å². The SMILES string of the molecule is CC1(C)c2cc(C#N)ccc2-c2ccc(-c3cc(-c4cc(-c5ccccc5)nc(-c5ccccc5)n4)cc(-c4cccc5c4ccc4cccnc45)c3)cc21. The third kappa shape index (κ3) is 5.48. The minimum absolute atomic E-state index is 0.264. The van der Waals surface area contributed by atoms with Crippen molar-refractivity contribution in [3.8, 4) is 73.4 Å². The lowest BCUT2D eigenvalue weighted by atomic mass is 9.81. The lowest BCUT2D eigenvalue weighted by Gasteiger charge is -2.22. The molecule has 2 aromatic heterocycles. The Balaban J connectivity index is 1.21. The van der Waals surface area contributed by atoms with Crippen molar-refractivity contribution in [3.63, 3.8) is 0 Å². The number of hydrogen-bond donors (Lipinski definition) is 0. The molecule has 0 saturated carbocycles. The molecule has 2 heterocycles. The maximum atomic E-state index is 9.71. The molecule has 1 aliphatic rings. The number of nitrogens with zero attached hydrogens (tertiary/aromatic N) is 4. The van der Waals surface area contributed by atoms with Crippen molar-refractivity contribution in [1.82, 2.24) is 15.0 Å². The normalized spacial score (nSPS) is 12.7. The fourth-order valence-corrected chi connectivity index (χ4v) is 8.31. The first-order valence-corrected chi connectivity index (χ1v) is 18.6. The summed E-state index contributed by atoms with van der Waals surface area (Å²) in [5.74, 6) is 0.681. The molecule has 1 aliphatic carbocycles. The first-order chi connectivity index (χ1) is 26.9. The van der Waals surface area contributed by atoms with E-state index in [1.165, 1.54) is 22.3 Å². The molecule has 258 valence electrons. The van der Waals surface area contributed by atoms with Crippen molar-refractivity contribution < 1.29 is 0 Å². The number of fused-ring (bicyclic) bond motifs is 6. The first kappa shape index (κ1) is 32.4. The molecule has 0 unspecified atom stereocenters. The lowest BCUT2D eigenvalue weighted by Crippen LogP contribution is -2.15. The van der Waals surface area contributed by atoms with Crippen LogP contribution in [0.1, 0.15) is 30.5 Å². The van der Waals surface area contributed by atoms with Gasteiger partial charge in [0.2, 0.25) is 0 Å². The smallest absolute Gasteiger partial charge is 0.160 e. The molecule has 0 aliphatic heterocycles. The highest BCUT2D eigenvalue weighted by molar-refractivity contribution is 6.10. The van der Waals surface area contributed by atoms with Crippen molar-refractivity contribution in [2.75, 3.05) is 0 Å². The Morgan fingerprint density at radius 2 is 1.16 bits per heavy atom. The van der Waals surface area contributed by atoms with Gasteiger partial charge in [0, 0.05) is 39.1 Å². The zero-order valence-corrected chi connectivity index (χ0v) is 30.5. The highest BCUT2D eigenvalue weighted by atomic mass is 14.9. The Labute approximate surface area is 320 Å². The van der Waals surface area contributed by atoms with Crippen LogP contribution < -0.4 is 0 Å². The third-order valence-electron chi connectivity index (χ3n) is 11.1. The molecule has 0 spiro atoms. The number of aromatic nitrogens is 3. The quantitative estimate of drug-likeness (QED) is 0.168. The molecular weight excluding hydrogens is 669 g/mol. The first-order valence-electron chi connectivity index (χ1n) is 18.6. The van der Waals surface area contributed by atoms with E-state index in [9.17, 15) is 5.26 Å². The van der Waals surface area contributed by atoms with Crippen LogP contribution in [0.15, 0.2) is 170 Å². The van der Waals surface area contributed by atoms with Crippen LogP contribution in [0.2, 0.25) is 0 Å². The molecule has 0 radical (unpaired) electrons. The zero-order valence-electron chi connectivity index (χ0n) is 30.5. The molecular formula is C51H34N4. The van der Waals surface area contributed by atoms with Crippen molar-refractivity contribution in [1.29, 1.82) is 5.26 Å². The van der Waals surface area contributed by atoms with Gasteiger partial charge in [-0.25, -0.2) is 9.97 Å². The Morgan fingerprint density at radius 3 is 1.95 bits per heavy atom. The molecule has 0 atom stereocenters. The Morgan fingerprint density at radius 1 is 0.473 bits per heavy atom. The minimum Gasteiger partial charge on any atom is -0.256 e. The standard InChI is InChI=1S/C51H34N4/c1-51(2)45-25-32(31-52)18-21-42(45)43-23-20-36(29-46(43)51)37-26-38(40-16-9-17-44-41(40)22-19-34-15-10-24-53-49(34)44)28-39(27-37)48-30-47(33-11-5-3-6-12-33)54-50(55-48)35-13-7-4-8-14-35/h3-30H,1-2H3. The van der Waals surface area contributed by atoms with Crippen LogP contribution >= 0.6 is 0 Å². The number of rotatable bonds is 5. The van der Waals surface area contributed by atoms with Gasteiger partial charge < -0.3 is 0 Å². The summed E-state index contributed by atoms with van der Waals surface area (Å²) in [5.41, 5.74) is 15.4. The molecule has 0 saturated heterocycles. The van der Waals surface area contributed by atoms with Crippen molar-refractivity contribution in [2.24, 2.45) is 0 Å². The van der Waals surface area contributed by atoms with E-state index in [2.05, 4.69) is 135 Å². The van der Waals surface area contributed by atoms with Crippen molar-refractivity contribution in [3.05, 3.63) is 187 Å². The summed E-state index contributed by atoms with van der Waals surface area (Å²) in [6.07, 6.45) is 1.87. The fraction of sp³-hybridized carbons (Fsp3) is 0.0588. The highest BCUT2D eigenvalue weighted by Crippen LogP contribution is 2.50. The van der Waals surface area contributed by atoms with E-state index in [1.807, 2.05) is 54.7 Å². The Kier molecular flexibility index (Phi) is 7.50. The third-order valence-corrected chi connectivity index (χ3v) is 11.1. The van der Waals surface area contributed by atoms with Crippen molar-refractivity contribution >= 4 is 21.7 Å². The van der Waals surface area contributed by atoms with Crippen LogP contribution in [0.5, 0.6) is 0 Å². The van der Waals surface area contributed by atoms with Gasteiger partial charge in [0.25, 0.3) is 0 Å². The number of benzene rings is 7. The molecule has 0 amide bonds. The summed E-state index contributed by atoms with van der Waals surface area (Å²) in [4.78, 5) is 15.1. The molecule has 4 heteroatoms. The van der Waals surface area contributed by atoms with Gasteiger partial charge in [0.1, 0.15) is 0 Å². The van der Waals surface area contributed by atoms with E-state index in [0.717, 1.165) is 72.0 Å². The fourth-order valence-electron chi connectivity index (χ4n) is 8.31. The predicted molar refractivity (Wildman–Crippen MR) is 224 cm³/mol. The molecule has 10 rings (SSSR count). The van der Waals surface area contributed by atoms with Gasteiger partial charge in [-0.2, -0.15) is 5.26 Å². The molecule has 55 heavy (non-hydrogen) atoms. The van der Waals surface area contributed by atoms with Gasteiger partial charge >= 0.3 is 0 Å². The maximum absolute atomic E-state index is 9.71. The van der Waals surface area contributed by atoms with E-state index in [-0.39, 0.29) is 5.41 Å². The van der Waals surface area contributed by atoms with E-state index in [1.54, 1.807) is 0 Å². The van der Waals surface area contributed by atoms with Gasteiger partial charge in [0.05, 0.1) is 28.5 Å². The van der Waals surface area contributed by atoms with Gasteiger partial charge in [-0.1, -0.05) is 129 Å². The van der Waals surface area contributed by atoms with Gasteiger partial charge in [-0.05, 0) is 98.4 Å². The lowest BCUT2D eigenvalue weighted by molar-refractivity contribution is 0.660. The summed E-state index contributed by atoms with van der Waals surface area (Å²) in [7, 11) is 0. The van der Waals surface area contributed by atoms with E-state index in [4.69, 9.17) is 15.0 Å². The second-order valence-electron chi connectivity index (χ2n) is 14.8. The molecule has 0 fully saturated rings. The minimum atomic E-state index is -0.264. The van der Waals surface area contributed by atoms with Crippen molar-refractivity contribution in [2.45, 2.75) is 19.3 Å². The number of hydrogen-bond acceptors (Lipinski definition) is 4. The molecule has 9 aromatic rings.